The van der Waals surface area contributed by atoms with Crippen molar-refractivity contribution in [2.75, 3.05) is 6.54 Å². The summed E-state index contributed by atoms with van der Waals surface area (Å²) in [7, 11) is 0. The van der Waals surface area contributed by atoms with E-state index >= 15 is 0 Å². The van der Waals surface area contributed by atoms with Gasteiger partial charge in [0.15, 0.2) is 0 Å². The highest BCUT2D eigenvalue weighted by Gasteiger charge is 2.32. The summed E-state index contributed by atoms with van der Waals surface area (Å²) in [6.07, 6.45) is 7.55. The lowest BCUT2D eigenvalue weighted by atomic mass is 9.85. The summed E-state index contributed by atoms with van der Waals surface area (Å²) in [6, 6.07) is 0.584. The lowest BCUT2D eigenvalue weighted by molar-refractivity contribution is 0.314. The maximum Gasteiger partial charge on any atom is 0.140 e. The number of hydrogen-bond donors (Lipinski definition) is 1. The summed E-state index contributed by atoms with van der Waals surface area (Å²) >= 11 is 0. The fourth-order valence-corrected chi connectivity index (χ4v) is 2.95. The average molecular weight is 250 g/mol. The van der Waals surface area contributed by atoms with E-state index in [1.54, 1.807) is 0 Å². The second-order valence-electron chi connectivity index (χ2n) is 5.85. The van der Waals surface area contributed by atoms with Crippen molar-refractivity contribution < 1.29 is 0 Å². The highest BCUT2D eigenvalue weighted by Crippen LogP contribution is 2.34. The topological polar surface area (TPSA) is 56.7 Å². The summed E-state index contributed by atoms with van der Waals surface area (Å²) in [4.78, 5) is 0. The Hall–Kier alpha value is -0.900. The maximum atomic E-state index is 5.98. The molecule has 2 N–H and O–H groups in total. The molecule has 1 unspecified atom stereocenters. The zero-order valence-electron chi connectivity index (χ0n) is 11.9. The minimum atomic E-state index is -0.0429. The number of nitrogens with two attached hydrogens (primary N) is 1. The van der Waals surface area contributed by atoms with E-state index < -0.39 is 0 Å². The first-order valence-electron chi connectivity index (χ1n) is 7.24. The fourth-order valence-electron chi connectivity index (χ4n) is 2.95. The Morgan fingerprint density at radius 2 is 1.94 bits per heavy atom. The highest BCUT2D eigenvalue weighted by molar-refractivity contribution is 5.11. The molecule has 0 bridgehead atoms. The summed E-state index contributed by atoms with van der Waals surface area (Å²) in [6.45, 7) is 7.09. The van der Waals surface area contributed by atoms with Gasteiger partial charge < -0.3 is 10.3 Å². The lowest BCUT2D eigenvalue weighted by Gasteiger charge is -2.31. The quantitative estimate of drug-likeness (QED) is 0.894. The van der Waals surface area contributed by atoms with Gasteiger partial charge in [-0.05, 0) is 26.2 Å². The molecule has 0 saturated heterocycles. The molecule has 1 heterocycles. The van der Waals surface area contributed by atoms with Gasteiger partial charge in [-0.3, -0.25) is 0 Å². The van der Waals surface area contributed by atoms with Crippen molar-refractivity contribution in [3.63, 3.8) is 0 Å². The van der Waals surface area contributed by atoms with Crippen molar-refractivity contribution in [2.24, 2.45) is 5.73 Å². The standard InChI is InChI=1S/C14H26N4/c1-4-14(3,10-15)13-17-16-11(2)18(13)12-8-6-5-7-9-12/h12H,4-10,15H2,1-3H3. The largest absolute Gasteiger partial charge is 0.329 e. The minimum absolute atomic E-state index is 0.0429. The Labute approximate surface area is 110 Å². The number of hydrogen-bond acceptors (Lipinski definition) is 3. The van der Waals surface area contributed by atoms with E-state index in [9.17, 15) is 0 Å². The third-order valence-corrected chi connectivity index (χ3v) is 4.58. The van der Waals surface area contributed by atoms with Crippen LogP contribution in [0.5, 0.6) is 0 Å². The lowest BCUT2D eigenvalue weighted by Crippen LogP contribution is -2.35. The molecule has 0 aromatic carbocycles. The van der Waals surface area contributed by atoms with Crippen LogP contribution in [0, 0.1) is 6.92 Å². The Kier molecular flexibility index (Phi) is 4.05. The van der Waals surface area contributed by atoms with E-state index in [2.05, 4.69) is 35.5 Å². The molecule has 4 nitrogen and oxygen atoms in total. The van der Waals surface area contributed by atoms with Gasteiger partial charge in [-0.1, -0.05) is 33.1 Å². The highest BCUT2D eigenvalue weighted by atomic mass is 15.3. The van der Waals surface area contributed by atoms with Crippen molar-refractivity contribution in [1.82, 2.24) is 14.8 Å². The van der Waals surface area contributed by atoms with Crippen LogP contribution in [0.2, 0.25) is 0 Å². The summed E-state index contributed by atoms with van der Waals surface area (Å²) in [5.74, 6) is 2.14. The average Bonchev–Trinajstić information content (AvgIpc) is 2.81. The van der Waals surface area contributed by atoms with Gasteiger partial charge in [0.2, 0.25) is 0 Å². The van der Waals surface area contributed by atoms with E-state index in [1.807, 2.05) is 0 Å². The number of rotatable bonds is 4. The molecule has 1 aliphatic rings. The van der Waals surface area contributed by atoms with Gasteiger partial charge in [-0.25, -0.2) is 0 Å². The molecule has 18 heavy (non-hydrogen) atoms. The molecule has 4 heteroatoms. The van der Waals surface area contributed by atoms with Gasteiger partial charge in [0.1, 0.15) is 11.6 Å². The Bertz CT molecular complexity index is 386. The van der Waals surface area contributed by atoms with Crippen LogP contribution in [0.25, 0.3) is 0 Å². The van der Waals surface area contributed by atoms with Gasteiger partial charge in [0.05, 0.1) is 0 Å². The van der Waals surface area contributed by atoms with Crippen LogP contribution >= 0.6 is 0 Å². The Morgan fingerprint density at radius 1 is 1.28 bits per heavy atom. The van der Waals surface area contributed by atoms with E-state index in [-0.39, 0.29) is 5.41 Å². The molecular weight excluding hydrogens is 224 g/mol. The number of nitrogens with zero attached hydrogens (tertiary/aromatic N) is 3. The van der Waals surface area contributed by atoms with Crippen molar-refractivity contribution in [3.8, 4) is 0 Å². The molecule has 1 aliphatic carbocycles. The van der Waals surface area contributed by atoms with Gasteiger partial charge in [-0.2, -0.15) is 0 Å². The third kappa shape index (κ3) is 2.30. The molecule has 1 fully saturated rings. The number of aryl methyl sites for hydroxylation is 1. The van der Waals surface area contributed by atoms with Crippen LogP contribution in [0.15, 0.2) is 0 Å². The summed E-state index contributed by atoms with van der Waals surface area (Å²) < 4.78 is 2.37. The van der Waals surface area contributed by atoms with Crippen LogP contribution in [-0.2, 0) is 5.41 Å². The van der Waals surface area contributed by atoms with Gasteiger partial charge in [0, 0.05) is 18.0 Å². The van der Waals surface area contributed by atoms with Crippen LogP contribution in [0.4, 0.5) is 0 Å². The predicted molar refractivity (Wildman–Crippen MR) is 73.6 cm³/mol. The summed E-state index contributed by atoms with van der Waals surface area (Å²) in [5, 5.41) is 8.75. The van der Waals surface area contributed by atoms with Crippen molar-refractivity contribution in [3.05, 3.63) is 11.6 Å². The molecule has 1 aromatic heterocycles. The van der Waals surface area contributed by atoms with Crippen molar-refractivity contribution in [1.29, 1.82) is 0 Å². The smallest absolute Gasteiger partial charge is 0.140 e. The van der Waals surface area contributed by atoms with Crippen LogP contribution in [0.3, 0.4) is 0 Å². The second kappa shape index (κ2) is 5.39. The zero-order chi connectivity index (χ0) is 13.2. The first-order valence-corrected chi connectivity index (χ1v) is 7.24. The van der Waals surface area contributed by atoms with E-state index in [1.165, 1.54) is 32.1 Å². The van der Waals surface area contributed by atoms with Crippen molar-refractivity contribution >= 4 is 0 Å². The van der Waals surface area contributed by atoms with E-state index in [0.717, 1.165) is 18.1 Å². The van der Waals surface area contributed by atoms with Crippen LogP contribution in [-0.4, -0.2) is 21.3 Å². The monoisotopic (exact) mass is 250 g/mol. The van der Waals surface area contributed by atoms with Crippen molar-refractivity contribution in [2.45, 2.75) is 70.8 Å². The molecule has 102 valence electrons. The van der Waals surface area contributed by atoms with Crippen LogP contribution in [0.1, 0.15) is 70.1 Å². The van der Waals surface area contributed by atoms with Crippen LogP contribution < -0.4 is 5.73 Å². The predicted octanol–water partition coefficient (Wildman–Crippen LogP) is 2.72. The zero-order valence-corrected chi connectivity index (χ0v) is 11.9. The molecule has 1 atom stereocenters. The molecule has 1 aromatic rings. The normalized spacial score (nSPS) is 20.9. The first-order chi connectivity index (χ1) is 8.62. The SMILES string of the molecule is CCC(C)(CN)c1nnc(C)n1C1CCCCC1. The Morgan fingerprint density at radius 3 is 2.50 bits per heavy atom. The molecular formula is C14H26N4. The maximum absolute atomic E-state index is 5.98. The Balaban J connectivity index is 2.37. The number of aromatic nitrogens is 3. The van der Waals surface area contributed by atoms with Gasteiger partial charge in [0.25, 0.3) is 0 Å². The van der Waals surface area contributed by atoms with Gasteiger partial charge in [-0.15, -0.1) is 10.2 Å². The molecule has 0 spiro atoms. The third-order valence-electron chi connectivity index (χ3n) is 4.58. The molecule has 0 amide bonds. The van der Waals surface area contributed by atoms with E-state index in [0.29, 0.717) is 12.6 Å². The summed E-state index contributed by atoms with van der Waals surface area (Å²) in [5.41, 5.74) is 5.93. The molecule has 0 radical (unpaired) electrons. The fraction of sp³-hybridized carbons (Fsp3) is 0.857. The molecule has 2 rings (SSSR count). The van der Waals surface area contributed by atoms with Gasteiger partial charge >= 0.3 is 0 Å². The molecule has 1 saturated carbocycles. The molecule has 0 aliphatic heterocycles. The van der Waals surface area contributed by atoms with E-state index in [4.69, 9.17) is 5.73 Å². The second-order valence-corrected chi connectivity index (χ2v) is 5.85. The first kappa shape index (κ1) is 13.5. The minimum Gasteiger partial charge on any atom is -0.329 e.